The first-order chi connectivity index (χ1) is 8.16. The molecule has 0 fully saturated rings. The molecule has 1 amide bonds. The molecule has 0 spiro atoms. The minimum absolute atomic E-state index is 0.0949. The summed E-state index contributed by atoms with van der Waals surface area (Å²) in [6.07, 6.45) is 4.73. The van der Waals surface area contributed by atoms with E-state index in [1.54, 1.807) is 24.3 Å². The van der Waals surface area contributed by atoms with E-state index in [9.17, 15) is 4.79 Å². The normalized spacial score (nSPS) is 10.2. The molecule has 1 aromatic carbocycles. The standard InChI is InChI=1S/C12H12BrN3O/c1-15(12(17)16-6-5-14-9-16)8-10-3-2-4-11(13)7-10/h2-7,9H,8H2,1H3. The monoisotopic (exact) mass is 293 g/mol. The van der Waals surface area contributed by atoms with Crippen molar-refractivity contribution < 1.29 is 4.79 Å². The highest BCUT2D eigenvalue weighted by atomic mass is 79.9. The van der Waals surface area contributed by atoms with Gasteiger partial charge in [-0.3, -0.25) is 4.57 Å². The van der Waals surface area contributed by atoms with E-state index in [1.165, 1.54) is 10.9 Å². The molecule has 0 atom stereocenters. The van der Waals surface area contributed by atoms with Gasteiger partial charge < -0.3 is 4.90 Å². The highest BCUT2D eigenvalue weighted by Gasteiger charge is 2.10. The fourth-order valence-electron chi connectivity index (χ4n) is 1.55. The first-order valence-electron chi connectivity index (χ1n) is 5.14. The van der Waals surface area contributed by atoms with Crippen molar-refractivity contribution in [3.8, 4) is 0 Å². The zero-order valence-electron chi connectivity index (χ0n) is 9.38. The number of aromatic nitrogens is 2. The van der Waals surface area contributed by atoms with Crippen LogP contribution < -0.4 is 0 Å². The van der Waals surface area contributed by atoms with E-state index >= 15 is 0 Å². The molecule has 1 heterocycles. The van der Waals surface area contributed by atoms with Crippen LogP contribution in [0.1, 0.15) is 5.56 Å². The average Bonchev–Trinajstić information content (AvgIpc) is 2.81. The summed E-state index contributed by atoms with van der Waals surface area (Å²) in [6.45, 7) is 0.566. The van der Waals surface area contributed by atoms with E-state index in [1.807, 2.05) is 24.3 Å². The molecule has 0 N–H and O–H groups in total. The van der Waals surface area contributed by atoms with Crippen molar-refractivity contribution in [2.45, 2.75) is 6.54 Å². The number of hydrogen-bond donors (Lipinski definition) is 0. The van der Waals surface area contributed by atoms with Gasteiger partial charge in [-0.2, -0.15) is 0 Å². The Morgan fingerprint density at radius 2 is 2.35 bits per heavy atom. The maximum absolute atomic E-state index is 11.9. The lowest BCUT2D eigenvalue weighted by Gasteiger charge is -2.17. The highest BCUT2D eigenvalue weighted by Crippen LogP contribution is 2.13. The molecule has 0 saturated heterocycles. The third-order valence-corrected chi connectivity index (χ3v) is 2.85. The van der Waals surface area contributed by atoms with E-state index in [0.29, 0.717) is 6.54 Å². The number of nitrogens with zero attached hydrogens (tertiary/aromatic N) is 3. The van der Waals surface area contributed by atoms with Crippen molar-refractivity contribution in [3.05, 3.63) is 53.0 Å². The summed E-state index contributed by atoms with van der Waals surface area (Å²) < 4.78 is 2.47. The Balaban J connectivity index is 2.07. The summed E-state index contributed by atoms with van der Waals surface area (Å²) in [5.74, 6) is 0. The topological polar surface area (TPSA) is 38.1 Å². The van der Waals surface area contributed by atoms with Gasteiger partial charge in [0.05, 0.1) is 0 Å². The van der Waals surface area contributed by atoms with Gasteiger partial charge in [0.2, 0.25) is 0 Å². The molecule has 0 bridgehead atoms. The van der Waals surface area contributed by atoms with Crippen molar-refractivity contribution >= 4 is 22.0 Å². The second-order valence-electron chi connectivity index (χ2n) is 3.74. The van der Waals surface area contributed by atoms with Gasteiger partial charge in [0, 0.05) is 30.5 Å². The molecule has 0 unspecified atom stereocenters. The van der Waals surface area contributed by atoms with Crippen molar-refractivity contribution in [2.75, 3.05) is 7.05 Å². The lowest BCUT2D eigenvalue weighted by atomic mass is 10.2. The Morgan fingerprint density at radius 3 is 3.00 bits per heavy atom. The maximum Gasteiger partial charge on any atom is 0.329 e. The molecular formula is C12H12BrN3O. The molecule has 5 heteroatoms. The van der Waals surface area contributed by atoms with Gasteiger partial charge in [0.1, 0.15) is 6.33 Å². The second-order valence-corrected chi connectivity index (χ2v) is 4.65. The third-order valence-electron chi connectivity index (χ3n) is 2.36. The van der Waals surface area contributed by atoms with E-state index in [0.717, 1.165) is 10.0 Å². The minimum Gasteiger partial charge on any atom is -0.323 e. The minimum atomic E-state index is -0.0949. The molecule has 4 nitrogen and oxygen atoms in total. The second kappa shape index (κ2) is 5.14. The fourth-order valence-corrected chi connectivity index (χ4v) is 1.99. The number of carbonyl (C=O) groups excluding carboxylic acids is 1. The molecule has 2 aromatic rings. The smallest absolute Gasteiger partial charge is 0.323 e. The Labute approximate surface area is 108 Å². The van der Waals surface area contributed by atoms with Crippen LogP contribution in [0.15, 0.2) is 47.5 Å². The van der Waals surface area contributed by atoms with Crippen molar-refractivity contribution in [3.63, 3.8) is 0 Å². The number of benzene rings is 1. The molecule has 1 aromatic heterocycles. The summed E-state index contributed by atoms with van der Waals surface area (Å²) in [5.41, 5.74) is 1.08. The molecule has 2 rings (SSSR count). The van der Waals surface area contributed by atoms with Gasteiger partial charge in [-0.25, -0.2) is 9.78 Å². The molecule has 17 heavy (non-hydrogen) atoms. The summed E-state index contributed by atoms with van der Waals surface area (Å²) in [6, 6.07) is 7.80. The van der Waals surface area contributed by atoms with Crippen LogP contribution in [0.4, 0.5) is 4.79 Å². The van der Waals surface area contributed by atoms with E-state index in [-0.39, 0.29) is 6.03 Å². The fraction of sp³-hybridized carbons (Fsp3) is 0.167. The van der Waals surface area contributed by atoms with Gasteiger partial charge in [0.25, 0.3) is 0 Å². The summed E-state index contributed by atoms with van der Waals surface area (Å²) >= 11 is 3.41. The van der Waals surface area contributed by atoms with Crippen molar-refractivity contribution in [1.82, 2.24) is 14.5 Å². The molecule has 88 valence electrons. The molecule has 0 aliphatic rings. The van der Waals surface area contributed by atoms with Gasteiger partial charge in [-0.15, -0.1) is 0 Å². The number of hydrogen-bond acceptors (Lipinski definition) is 2. The van der Waals surface area contributed by atoms with E-state index < -0.39 is 0 Å². The molecule has 0 saturated carbocycles. The van der Waals surface area contributed by atoms with Crippen LogP contribution in [0.2, 0.25) is 0 Å². The largest absolute Gasteiger partial charge is 0.329 e. The van der Waals surface area contributed by atoms with Gasteiger partial charge in [-0.1, -0.05) is 28.1 Å². The van der Waals surface area contributed by atoms with E-state index in [2.05, 4.69) is 20.9 Å². The number of halogens is 1. The van der Waals surface area contributed by atoms with E-state index in [4.69, 9.17) is 0 Å². The lowest BCUT2D eigenvalue weighted by molar-refractivity contribution is 0.208. The van der Waals surface area contributed by atoms with Crippen LogP contribution in [-0.2, 0) is 6.54 Å². The van der Waals surface area contributed by atoms with Crippen LogP contribution in [0.5, 0.6) is 0 Å². The number of carbonyl (C=O) groups is 1. The molecular weight excluding hydrogens is 282 g/mol. The number of rotatable bonds is 2. The average molecular weight is 294 g/mol. The van der Waals surface area contributed by atoms with Crippen molar-refractivity contribution in [2.24, 2.45) is 0 Å². The van der Waals surface area contributed by atoms with Crippen LogP contribution in [-0.4, -0.2) is 27.5 Å². The quantitative estimate of drug-likeness (QED) is 0.854. The first-order valence-corrected chi connectivity index (χ1v) is 5.94. The Morgan fingerprint density at radius 1 is 1.53 bits per heavy atom. The third kappa shape index (κ3) is 2.94. The summed E-state index contributed by atoms with van der Waals surface area (Å²) in [7, 11) is 1.77. The van der Waals surface area contributed by atoms with Gasteiger partial charge in [0.15, 0.2) is 0 Å². The summed E-state index contributed by atoms with van der Waals surface area (Å²) in [4.78, 5) is 17.4. The van der Waals surface area contributed by atoms with Crippen LogP contribution in [0.25, 0.3) is 0 Å². The van der Waals surface area contributed by atoms with Crippen LogP contribution in [0.3, 0.4) is 0 Å². The predicted octanol–water partition coefficient (Wildman–Crippen LogP) is 2.75. The lowest BCUT2D eigenvalue weighted by Crippen LogP contribution is -2.29. The number of imidazole rings is 1. The SMILES string of the molecule is CN(Cc1cccc(Br)c1)C(=O)n1ccnc1. The Hall–Kier alpha value is -1.62. The predicted molar refractivity (Wildman–Crippen MR) is 68.6 cm³/mol. The van der Waals surface area contributed by atoms with Gasteiger partial charge >= 0.3 is 6.03 Å². The number of amides is 1. The Bertz CT molecular complexity index is 510. The van der Waals surface area contributed by atoms with Gasteiger partial charge in [-0.05, 0) is 17.7 Å². The highest BCUT2D eigenvalue weighted by molar-refractivity contribution is 9.10. The zero-order valence-corrected chi connectivity index (χ0v) is 11.0. The Kier molecular flexibility index (Phi) is 3.58. The molecule has 0 aliphatic heterocycles. The summed E-state index contributed by atoms with van der Waals surface area (Å²) in [5, 5.41) is 0. The molecule has 0 aliphatic carbocycles. The van der Waals surface area contributed by atoms with Crippen LogP contribution >= 0.6 is 15.9 Å². The van der Waals surface area contributed by atoms with Crippen molar-refractivity contribution in [1.29, 1.82) is 0 Å². The zero-order chi connectivity index (χ0) is 12.3. The van der Waals surface area contributed by atoms with Crippen LogP contribution in [0, 0.1) is 0 Å². The first kappa shape index (κ1) is 11.9. The maximum atomic E-state index is 11.9. The molecule has 0 radical (unpaired) electrons.